The molecule has 0 spiro atoms. The van der Waals surface area contributed by atoms with E-state index in [9.17, 15) is 9.59 Å². The molecule has 1 aromatic carbocycles. The van der Waals surface area contributed by atoms with E-state index >= 15 is 0 Å². The number of esters is 1. The molecule has 1 rings (SSSR count). The van der Waals surface area contributed by atoms with Crippen LogP contribution in [-0.2, 0) is 9.53 Å². The van der Waals surface area contributed by atoms with Crippen molar-refractivity contribution in [1.82, 2.24) is 0 Å². The van der Waals surface area contributed by atoms with Crippen molar-refractivity contribution in [1.29, 1.82) is 0 Å². The zero-order chi connectivity index (χ0) is 12.8. The van der Waals surface area contributed by atoms with E-state index < -0.39 is 11.9 Å². The van der Waals surface area contributed by atoms with Crippen LogP contribution in [0.4, 0.5) is 5.69 Å². The van der Waals surface area contributed by atoms with Gasteiger partial charge in [0, 0.05) is 5.69 Å². The summed E-state index contributed by atoms with van der Waals surface area (Å²) >= 11 is 0. The maximum atomic E-state index is 11.1. The number of carbonyl (C=O) groups excluding carboxylic acids is 1. The molecule has 0 radical (unpaired) electrons. The van der Waals surface area contributed by atoms with Crippen LogP contribution in [0.1, 0.15) is 17.3 Å². The van der Waals surface area contributed by atoms with E-state index in [-0.39, 0.29) is 30.2 Å². The van der Waals surface area contributed by atoms with Gasteiger partial charge in [-0.2, -0.15) is 0 Å². The van der Waals surface area contributed by atoms with Gasteiger partial charge >= 0.3 is 11.9 Å². The third kappa shape index (κ3) is 3.37. The summed E-state index contributed by atoms with van der Waals surface area (Å²) in [4.78, 5) is 22.0. The van der Waals surface area contributed by atoms with Crippen molar-refractivity contribution in [2.24, 2.45) is 0 Å². The van der Waals surface area contributed by atoms with Gasteiger partial charge < -0.3 is 20.3 Å². The molecule has 0 aliphatic heterocycles. The molecule has 0 aromatic heterocycles. The number of anilines is 1. The van der Waals surface area contributed by atoms with Crippen molar-refractivity contribution in [2.45, 2.75) is 6.92 Å². The predicted octanol–water partition coefficient (Wildman–Crippen LogP) is 0.909. The van der Waals surface area contributed by atoms with Gasteiger partial charge in [-0.1, -0.05) is 6.07 Å². The number of ether oxygens (including phenoxy) is 2. The monoisotopic (exact) mass is 239 g/mol. The van der Waals surface area contributed by atoms with Crippen molar-refractivity contribution in [2.75, 3.05) is 18.9 Å². The number of carboxylic acids is 1. The number of nitrogen functional groups attached to an aromatic ring is 1. The van der Waals surface area contributed by atoms with Gasteiger partial charge in [-0.05, 0) is 19.1 Å². The fourth-order valence-corrected chi connectivity index (χ4v) is 1.24. The van der Waals surface area contributed by atoms with E-state index in [1.807, 2.05) is 0 Å². The quantitative estimate of drug-likeness (QED) is 0.585. The summed E-state index contributed by atoms with van der Waals surface area (Å²) in [6, 6.07) is 4.42. The Kier molecular flexibility index (Phi) is 4.33. The van der Waals surface area contributed by atoms with E-state index in [0.29, 0.717) is 0 Å². The second-order valence-electron chi connectivity index (χ2n) is 3.12. The van der Waals surface area contributed by atoms with Crippen LogP contribution in [0.15, 0.2) is 18.2 Å². The lowest BCUT2D eigenvalue weighted by atomic mass is 10.1. The summed E-state index contributed by atoms with van der Waals surface area (Å²) in [5.74, 6) is -1.72. The van der Waals surface area contributed by atoms with Crippen LogP contribution in [0.25, 0.3) is 0 Å². The lowest BCUT2D eigenvalue weighted by Gasteiger charge is -2.09. The molecule has 0 saturated carbocycles. The van der Waals surface area contributed by atoms with Crippen LogP contribution in [-0.4, -0.2) is 30.3 Å². The molecule has 1 aromatic rings. The normalized spacial score (nSPS) is 9.71. The average molecular weight is 239 g/mol. The van der Waals surface area contributed by atoms with E-state index in [1.165, 1.54) is 12.1 Å². The number of hydrogen-bond donors (Lipinski definition) is 2. The standard InChI is InChI=1S/C11H13NO5/c1-2-16-9(13)6-17-8-5-3-4-7(12)10(8)11(14)15/h3-5H,2,6,12H2,1H3,(H,14,15). The molecule has 17 heavy (non-hydrogen) atoms. The second-order valence-corrected chi connectivity index (χ2v) is 3.12. The van der Waals surface area contributed by atoms with Crippen LogP contribution in [0, 0.1) is 0 Å². The van der Waals surface area contributed by atoms with Gasteiger partial charge in [-0.15, -0.1) is 0 Å². The van der Waals surface area contributed by atoms with Gasteiger partial charge in [-0.3, -0.25) is 0 Å². The van der Waals surface area contributed by atoms with Crippen molar-refractivity contribution < 1.29 is 24.2 Å². The minimum atomic E-state index is -1.21. The minimum absolute atomic E-state index is 0.0468. The summed E-state index contributed by atoms with van der Waals surface area (Å²) < 4.78 is 9.71. The molecule has 0 atom stereocenters. The van der Waals surface area contributed by atoms with Crippen molar-refractivity contribution in [3.63, 3.8) is 0 Å². The van der Waals surface area contributed by atoms with Crippen LogP contribution >= 0.6 is 0 Å². The summed E-state index contributed by atoms with van der Waals surface area (Å²) in [7, 11) is 0. The Morgan fingerprint density at radius 3 is 2.71 bits per heavy atom. The average Bonchev–Trinajstić information content (AvgIpc) is 2.26. The van der Waals surface area contributed by atoms with Crippen LogP contribution in [0.2, 0.25) is 0 Å². The molecule has 0 amide bonds. The summed E-state index contributed by atoms with van der Waals surface area (Å²) in [5.41, 5.74) is 5.44. The Bertz CT molecular complexity index is 430. The number of nitrogens with two attached hydrogens (primary N) is 1. The fourth-order valence-electron chi connectivity index (χ4n) is 1.24. The van der Waals surface area contributed by atoms with E-state index in [4.69, 9.17) is 15.6 Å². The maximum Gasteiger partial charge on any atom is 0.344 e. The topological polar surface area (TPSA) is 98.9 Å². The third-order valence-electron chi connectivity index (χ3n) is 1.92. The van der Waals surface area contributed by atoms with E-state index in [1.54, 1.807) is 13.0 Å². The zero-order valence-electron chi connectivity index (χ0n) is 9.30. The Labute approximate surface area is 97.9 Å². The molecule has 0 saturated heterocycles. The highest BCUT2D eigenvalue weighted by atomic mass is 16.6. The maximum absolute atomic E-state index is 11.1. The predicted molar refractivity (Wildman–Crippen MR) is 59.9 cm³/mol. The number of carboxylic acid groups (broad SMARTS) is 1. The van der Waals surface area contributed by atoms with Crippen LogP contribution in [0.3, 0.4) is 0 Å². The van der Waals surface area contributed by atoms with Crippen LogP contribution < -0.4 is 10.5 Å². The highest BCUT2D eigenvalue weighted by Crippen LogP contribution is 2.24. The lowest BCUT2D eigenvalue weighted by Crippen LogP contribution is -2.16. The van der Waals surface area contributed by atoms with Crippen molar-refractivity contribution in [3.05, 3.63) is 23.8 Å². The Hall–Kier alpha value is -2.24. The van der Waals surface area contributed by atoms with Gasteiger partial charge in [0.25, 0.3) is 0 Å². The first-order valence-electron chi connectivity index (χ1n) is 4.96. The minimum Gasteiger partial charge on any atom is -0.481 e. The Balaban J connectivity index is 2.81. The molecular weight excluding hydrogens is 226 g/mol. The highest BCUT2D eigenvalue weighted by Gasteiger charge is 2.15. The van der Waals surface area contributed by atoms with E-state index in [0.717, 1.165) is 0 Å². The molecule has 6 nitrogen and oxygen atoms in total. The third-order valence-corrected chi connectivity index (χ3v) is 1.92. The lowest BCUT2D eigenvalue weighted by molar-refractivity contribution is -0.145. The number of carbonyl (C=O) groups is 2. The molecule has 3 N–H and O–H groups in total. The van der Waals surface area contributed by atoms with E-state index in [2.05, 4.69) is 4.74 Å². The largest absolute Gasteiger partial charge is 0.481 e. The first-order valence-corrected chi connectivity index (χ1v) is 4.96. The number of rotatable bonds is 5. The van der Waals surface area contributed by atoms with Gasteiger partial charge in [0.15, 0.2) is 6.61 Å². The molecule has 0 bridgehead atoms. The smallest absolute Gasteiger partial charge is 0.344 e. The van der Waals surface area contributed by atoms with Gasteiger partial charge in [0.1, 0.15) is 11.3 Å². The highest BCUT2D eigenvalue weighted by molar-refractivity contribution is 5.96. The van der Waals surface area contributed by atoms with Crippen molar-refractivity contribution >= 4 is 17.6 Å². The first kappa shape index (κ1) is 12.8. The molecule has 0 aliphatic carbocycles. The molecule has 0 aliphatic rings. The first-order chi connectivity index (χ1) is 8.06. The molecule has 6 heteroatoms. The van der Waals surface area contributed by atoms with Gasteiger partial charge in [0.2, 0.25) is 0 Å². The van der Waals surface area contributed by atoms with Gasteiger partial charge in [0.05, 0.1) is 6.61 Å². The molecule has 92 valence electrons. The Morgan fingerprint density at radius 1 is 1.41 bits per heavy atom. The number of benzene rings is 1. The molecule has 0 unspecified atom stereocenters. The second kappa shape index (κ2) is 5.74. The number of aromatic carboxylic acids is 1. The summed E-state index contributed by atoms with van der Waals surface area (Å²) in [6.07, 6.45) is 0. The fraction of sp³-hybridized carbons (Fsp3) is 0.273. The SMILES string of the molecule is CCOC(=O)COc1cccc(N)c1C(=O)O. The molecular formula is C11H13NO5. The molecule has 0 heterocycles. The number of hydrogen-bond acceptors (Lipinski definition) is 5. The van der Waals surface area contributed by atoms with Gasteiger partial charge in [-0.25, -0.2) is 9.59 Å². The van der Waals surface area contributed by atoms with Crippen molar-refractivity contribution in [3.8, 4) is 5.75 Å². The summed E-state index contributed by atoms with van der Waals surface area (Å²) in [6.45, 7) is 1.56. The van der Waals surface area contributed by atoms with Crippen LogP contribution in [0.5, 0.6) is 5.75 Å². The summed E-state index contributed by atoms with van der Waals surface area (Å²) in [5, 5.41) is 8.94. The zero-order valence-corrected chi connectivity index (χ0v) is 9.30. The Morgan fingerprint density at radius 2 is 2.12 bits per heavy atom. The molecule has 0 fully saturated rings.